The maximum absolute atomic E-state index is 12.9. The predicted octanol–water partition coefficient (Wildman–Crippen LogP) is 5.60. The fraction of sp³-hybridized carbons (Fsp3) is 0.350. The molecule has 5 heteroatoms. The van der Waals surface area contributed by atoms with Crippen LogP contribution in [0.4, 0.5) is 0 Å². The van der Waals surface area contributed by atoms with Gasteiger partial charge in [-0.25, -0.2) is 9.97 Å². The molecule has 0 fully saturated rings. The van der Waals surface area contributed by atoms with Crippen LogP contribution in [-0.4, -0.2) is 21.0 Å². The number of rotatable bonds is 4. The lowest BCUT2D eigenvalue weighted by Crippen LogP contribution is -2.14. The Morgan fingerprint density at radius 3 is 2.48 bits per heavy atom. The molecule has 2 heterocycles. The smallest absolute Gasteiger partial charge is 0.175 e. The highest BCUT2D eigenvalue weighted by atomic mass is 32.2. The first-order chi connectivity index (χ1) is 11.8. The van der Waals surface area contributed by atoms with E-state index in [-0.39, 0.29) is 11.0 Å². The highest BCUT2D eigenvalue weighted by Gasteiger charge is 2.21. The fourth-order valence-electron chi connectivity index (χ4n) is 2.75. The second kappa shape index (κ2) is 6.89. The summed E-state index contributed by atoms with van der Waals surface area (Å²) in [6.07, 6.45) is 0. The van der Waals surface area contributed by atoms with E-state index in [2.05, 4.69) is 30.7 Å². The predicted molar refractivity (Wildman–Crippen MR) is 107 cm³/mol. The number of hydrogen-bond donors (Lipinski definition) is 0. The molecule has 0 aliphatic rings. The lowest BCUT2D eigenvalue weighted by Gasteiger charge is -2.12. The number of Topliss-reactive ketones (excluding diaryl/α,β-unsaturated/α-hetero) is 1. The van der Waals surface area contributed by atoms with Crippen molar-refractivity contribution in [1.29, 1.82) is 0 Å². The Kier molecular flexibility index (Phi) is 4.98. The van der Waals surface area contributed by atoms with Crippen molar-refractivity contribution in [2.24, 2.45) is 0 Å². The third-order valence-electron chi connectivity index (χ3n) is 4.56. The van der Waals surface area contributed by atoms with E-state index in [0.29, 0.717) is 0 Å². The molecule has 0 unspecified atom stereocenters. The van der Waals surface area contributed by atoms with Gasteiger partial charge in [0.2, 0.25) is 0 Å². The minimum absolute atomic E-state index is 0.141. The molecule has 3 rings (SSSR count). The molecular formula is C20H22N2OS2. The van der Waals surface area contributed by atoms with Gasteiger partial charge in [0.1, 0.15) is 15.7 Å². The molecule has 3 aromatic rings. The summed E-state index contributed by atoms with van der Waals surface area (Å²) in [7, 11) is 0. The number of ketones is 1. The van der Waals surface area contributed by atoms with E-state index in [0.717, 1.165) is 32.2 Å². The molecule has 3 nitrogen and oxygen atoms in total. The number of carbonyl (C=O) groups excluding carboxylic acids is 1. The van der Waals surface area contributed by atoms with Gasteiger partial charge in [0.05, 0.1) is 5.25 Å². The summed E-state index contributed by atoms with van der Waals surface area (Å²) < 4.78 is 0. The van der Waals surface area contributed by atoms with E-state index < -0.39 is 0 Å². The molecule has 0 spiro atoms. The van der Waals surface area contributed by atoms with E-state index >= 15 is 0 Å². The Morgan fingerprint density at radius 1 is 1.08 bits per heavy atom. The molecule has 0 saturated carbocycles. The Bertz CT molecular complexity index is 975. The molecule has 130 valence electrons. The van der Waals surface area contributed by atoms with Crippen molar-refractivity contribution in [3.63, 3.8) is 0 Å². The number of fused-ring (bicyclic) bond motifs is 1. The van der Waals surface area contributed by atoms with Crippen LogP contribution in [0.1, 0.15) is 44.7 Å². The van der Waals surface area contributed by atoms with E-state index in [1.54, 1.807) is 11.3 Å². The molecule has 2 aromatic heterocycles. The number of nitrogens with zero attached hydrogens (tertiary/aromatic N) is 2. The Balaban J connectivity index is 1.95. The molecule has 0 N–H and O–H groups in total. The maximum atomic E-state index is 12.9. The first-order valence-electron chi connectivity index (χ1n) is 8.30. The van der Waals surface area contributed by atoms with Crippen molar-refractivity contribution in [2.75, 3.05) is 0 Å². The lowest BCUT2D eigenvalue weighted by atomic mass is 10.0. The van der Waals surface area contributed by atoms with Gasteiger partial charge in [0, 0.05) is 15.8 Å². The molecule has 25 heavy (non-hydrogen) atoms. The average molecular weight is 371 g/mol. The summed E-state index contributed by atoms with van der Waals surface area (Å²) >= 11 is 3.23. The number of hydrogen-bond acceptors (Lipinski definition) is 5. The quantitative estimate of drug-likeness (QED) is 0.341. The first kappa shape index (κ1) is 18.1. The Labute approximate surface area is 156 Å². The SMILES string of the molecule is Cc1nc(S[C@H](C)C(=O)c2ccc(C)c(C)c2)c2c(C)c(C)sc2n1. The van der Waals surface area contributed by atoms with Crippen LogP contribution in [0, 0.1) is 34.6 Å². The number of thioether (sulfide) groups is 1. The van der Waals surface area contributed by atoms with Crippen molar-refractivity contribution in [2.45, 2.75) is 51.8 Å². The number of thiophene rings is 1. The Hall–Kier alpha value is -1.72. The van der Waals surface area contributed by atoms with Crippen LogP contribution >= 0.6 is 23.1 Å². The summed E-state index contributed by atoms with van der Waals surface area (Å²) in [4.78, 5) is 24.3. The van der Waals surface area contributed by atoms with E-state index in [9.17, 15) is 4.79 Å². The van der Waals surface area contributed by atoms with Crippen LogP contribution in [0.15, 0.2) is 23.2 Å². The monoisotopic (exact) mass is 370 g/mol. The molecule has 0 aliphatic carbocycles. The maximum Gasteiger partial charge on any atom is 0.175 e. The van der Waals surface area contributed by atoms with Crippen LogP contribution < -0.4 is 0 Å². The molecule has 0 bridgehead atoms. The lowest BCUT2D eigenvalue weighted by molar-refractivity contribution is 0.0994. The van der Waals surface area contributed by atoms with Gasteiger partial charge in [-0.05, 0) is 64.3 Å². The highest BCUT2D eigenvalue weighted by Crippen LogP contribution is 2.37. The van der Waals surface area contributed by atoms with Gasteiger partial charge in [-0.2, -0.15) is 0 Å². The summed E-state index contributed by atoms with van der Waals surface area (Å²) in [5.74, 6) is 0.893. The average Bonchev–Trinajstić information content (AvgIpc) is 2.83. The molecule has 0 saturated heterocycles. The first-order valence-corrected chi connectivity index (χ1v) is 10.00. The highest BCUT2D eigenvalue weighted by molar-refractivity contribution is 8.00. The van der Waals surface area contributed by atoms with Gasteiger partial charge in [-0.1, -0.05) is 23.9 Å². The zero-order valence-corrected chi connectivity index (χ0v) is 17.1. The summed E-state index contributed by atoms with van der Waals surface area (Å²) in [5.41, 5.74) is 4.33. The van der Waals surface area contributed by atoms with Gasteiger partial charge in [0.15, 0.2) is 5.78 Å². The van der Waals surface area contributed by atoms with Crippen LogP contribution in [-0.2, 0) is 0 Å². The minimum atomic E-state index is -0.195. The molecule has 0 radical (unpaired) electrons. The second-order valence-electron chi connectivity index (χ2n) is 6.46. The van der Waals surface area contributed by atoms with Gasteiger partial charge in [0.25, 0.3) is 0 Å². The van der Waals surface area contributed by atoms with Crippen molar-refractivity contribution in [1.82, 2.24) is 9.97 Å². The second-order valence-corrected chi connectivity index (χ2v) is 9.00. The summed E-state index contributed by atoms with van der Waals surface area (Å²) in [5, 5.41) is 1.81. The Morgan fingerprint density at radius 2 is 1.80 bits per heavy atom. The van der Waals surface area contributed by atoms with Crippen molar-refractivity contribution >= 4 is 39.1 Å². The zero-order valence-electron chi connectivity index (χ0n) is 15.4. The molecule has 0 amide bonds. The third-order valence-corrected chi connectivity index (χ3v) is 6.74. The summed E-state index contributed by atoms with van der Waals surface area (Å²) in [6, 6.07) is 5.91. The molecule has 1 atom stereocenters. The number of aryl methyl sites for hydroxylation is 5. The normalized spacial score (nSPS) is 12.6. The number of benzene rings is 1. The molecular weight excluding hydrogens is 348 g/mol. The van der Waals surface area contributed by atoms with Crippen molar-refractivity contribution in [3.05, 3.63) is 51.2 Å². The van der Waals surface area contributed by atoms with Crippen molar-refractivity contribution in [3.8, 4) is 0 Å². The van der Waals surface area contributed by atoms with Gasteiger partial charge < -0.3 is 0 Å². The van der Waals surface area contributed by atoms with Crippen LogP contribution in [0.5, 0.6) is 0 Å². The topological polar surface area (TPSA) is 42.9 Å². The zero-order chi connectivity index (χ0) is 18.3. The van der Waals surface area contributed by atoms with E-state index in [1.165, 1.54) is 27.8 Å². The minimum Gasteiger partial charge on any atom is -0.293 e. The number of carbonyl (C=O) groups is 1. The molecule has 1 aromatic carbocycles. The fourth-order valence-corrected chi connectivity index (χ4v) is 5.02. The van der Waals surface area contributed by atoms with Crippen molar-refractivity contribution < 1.29 is 4.79 Å². The van der Waals surface area contributed by atoms with Gasteiger partial charge >= 0.3 is 0 Å². The van der Waals surface area contributed by atoms with Gasteiger partial charge in [-0.15, -0.1) is 11.3 Å². The number of aromatic nitrogens is 2. The van der Waals surface area contributed by atoms with Crippen LogP contribution in [0.3, 0.4) is 0 Å². The van der Waals surface area contributed by atoms with Crippen LogP contribution in [0.25, 0.3) is 10.2 Å². The van der Waals surface area contributed by atoms with E-state index in [4.69, 9.17) is 0 Å². The van der Waals surface area contributed by atoms with Crippen LogP contribution in [0.2, 0.25) is 0 Å². The third kappa shape index (κ3) is 3.48. The summed E-state index contributed by atoms with van der Waals surface area (Å²) in [6.45, 7) is 12.2. The largest absolute Gasteiger partial charge is 0.293 e. The van der Waals surface area contributed by atoms with E-state index in [1.807, 2.05) is 39.0 Å². The molecule has 0 aliphatic heterocycles. The standard InChI is InChI=1S/C20H22N2OS2/c1-10-7-8-16(9-11(10)2)18(23)14(5)25-20-17-12(3)13(4)24-19(17)21-15(6)22-20/h7-9,14H,1-6H3/t14-/m1/s1. The van der Waals surface area contributed by atoms with Gasteiger partial charge in [-0.3, -0.25) is 4.79 Å².